The molecule has 0 aliphatic carbocycles. The Hall–Kier alpha value is -2.70. The molecular weight excluding hydrogens is 346 g/mol. The van der Waals surface area contributed by atoms with Crippen molar-refractivity contribution in [2.75, 3.05) is 5.32 Å². The van der Waals surface area contributed by atoms with Gasteiger partial charge in [-0.15, -0.1) is 0 Å². The van der Waals surface area contributed by atoms with Crippen LogP contribution in [0.15, 0.2) is 28.8 Å². The van der Waals surface area contributed by atoms with Gasteiger partial charge in [-0.2, -0.15) is 4.98 Å². The lowest BCUT2D eigenvalue weighted by Crippen LogP contribution is -2.13. The number of hydrogen-bond donors (Lipinski definition) is 2. The Kier molecular flexibility index (Phi) is 6.71. The summed E-state index contributed by atoms with van der Waals surface area (Å²) in [5.41, 5.74) is 1.46. The highest BCUT2D eigenvalue weighted by atomic mass is 16.5. The number of nitrogens with one attached hydrogen (secondary N) is 1. The van der Waals surface area contributed by atoms with Crippen molar-refractivity contribution in [3.05, 3.63) is 41.5 Å². The summed E-state index contributed by atoms with van der Waals surface area (Å²) in [6, 6.07) is 7.24. The largest absolute Gasteiger partial charge is 0.481 e. The maximum atomic E-state index is 12.1. The number of carboxylic acid groups (broad SMARTS) is 1. The second-order valence-electron chi connectivity index (χ2n) is 7.80. The Morgan fingerprint density at radius 2 is 1.89 bits per heavy atom. The zero-order valence-electron chi connectivity index (χ0n) is 16.3. The van der Waals surface area contributed by atoms with Crippen LogP contribution in [-0.4, -0.2) is 27.1 Å². The number of aryl methyl sites for hydroxylation is 1. The zero-order chi connectivity index (χ0) is 20.0. The van der Waals surface area contributed by atoms with Crippen LogP contribution < -0.4 is 5.32 Å². The minimum atomic E-state index is -0.816. The van der Waals surface area contributed by atoms with Gasteiger partial charge in [-0.25, -0.2) is 0 Å². The molecule has 1 atom stereocenters. The average molecular weight is 373 g/mol. The Bertz CT molecular complexity index is 775. The molecule has 0 spiro atoms. The lowest BCUT2D eigenvalue weighted by atomic mass is 9.96. The van der Waals surface area contributed by atoms with E-state index in [2.05, 4.69) is 15.5 Å². The number of aromatic nitrogens is 2. The first kappa shape index (κ1) is 20.6. The molecule has 146 valence electrons. The van der Waals surface area contributed by atoms with Gasteiger partial charge in [0.15, 0.2) is 5.82 Å². The van der Waals surface area contributed by atoms with E-state index in [9.17, 15) is 9.59 Å². The summed E-state index contributed by atoms with van der Waals surface area (Å²) < 4.78 is 5.22. The predicted octanol–water partition coefficient (Wildman–Crippen LogP) is 3.59. The first-order valence-corrected chi connectivity index (χ1v) is 9.10. The fourth-order valence-corrected chi connectivity index (χ4v) is 2.45. The van der Waals surface area contributed by atoms with Gasteiger partial charge in [0.05, 0.1) is 5.92 Å². The second-order valence-corrected chi connectivity index (χ2v) is 7.80. The van der Waals surface area contributed by atoms with Crippen LogP contribution in [0.3, 0.4) is 0 Å². The van der Waals surface area contributed by atoms with Crippen molar-refractivity contribution in [2.24, 2.45) is 5.92 Å². The van der Waals surface area contributed by atoms with E-state index in [0.29, 0.717) is 43.1 Å². The first-order chi connectivity index (χ1) is 12.6. The van der Waals surface area contributed by atoms with Gasteiger partial charge in [0, 0.05) is 23.9 Å². The number of amides is 1. The van der Waals surface area contributed by atoms with Gasteiger partial charge in [-0.3, -0.25) is 9.59 Å². The molecule has 0 bridgehead atoms. The number of benzene rings is 1. The highest BCUT2D eigenvalue weighted by molar-refractivity contribution is 5.90. The molecule has 0 radical (unpaired) electrons. The van der Waals surface area contributed by atoms with Crippen molar-refractivity contribution in [1.82, 2.24) is 10.1 Å². The predicted molar refractivity (Wildman–Crippen MR) is 102 cm³/mol. The number of aliphatic carboxylic acids is 1. The molecule has 0 saturated heterocycles. The number of anilines is 1. The molecule has 1 amide bonds. The van der Waals surface area contributed by atoms with Crippen LogP contribution in [0, 0.1) is 5.92 Å². The smallest absolute Gasteiger partial charge is 0.306 e. The average Bonchev–Trinajstić information content (AvgIpc) is 3.05. The van der Waals surface area contributed by atoms with E-state index in [4.69, 9.17) is 9.63 Å². The molecule has 1 aromatic carbocycles. The minimum absolute atomic E-state index is 0.0859. The third kappa shape index (κ3) is 6.51. The summed E-state index contributed by atoms with van der Waals surface area (Å²) >= 11 is 0. The Morgan fingerprint density at radius 1 is 1.22 bits per heavy atom. The standard InChI is InChI=1S/C20H27N3O4/c1-13(18(25)26)12-14-8-10-15(11-9-14)21-16(24)6-5-7-17-22-19(23-27-17)20(2,3)4/h8-11,13H,5-7,12H2,1-4H3,(H,21,24)(H,25,26). The van der Waals surface area contributed by atoms with E-state index in [1.807, 2.05) is 32.9 Å². The SMILES string of the molecule is CC(Cc1ccc(NC(=O)CCCc2nc(C(C)(C)C)no2)cc1)C(=O)O. The van der Waals surface area contributed by atoms with Crippen LogP contribution in [0.1, 0.15) is 57.8 Å². The van der Waals surface area contributed by atoms with E-state index < -0.39 is 11.9 Å². The molecule has 27 heavy (non-hydrogen) atoms. The van der Waals surface area contributed by atoms with Crippen molar-refractivity contribution in [2.45, 2.75) is 58.8 Å². The number of carboxylic acids is 1. The highest BCUT2D eigenvalue weighted by Crippen LogP contribution is 2.19. The third-order valence-corrected chi connectivity index (χ3v) is 4.13. The highest BCUT2D eigenvalue weighted by Gasteiger charge is 2.20. The van der Waals surface area contributed by atoms with E-state index in [0.717, 1.165) is 5.56 Å². The Labute approximate surface area is 159 Å². The third-order valence-electron chi connectivity index (χ3n) is 4.13. The van der Waals surface area contributed by atoms with Crippen LogP contribution in [0.25, 0.3) is 0 Å². The van der Waals surface area contributed by atoms with Crippen molar-refractivity contribution < 1.29 is 19.2 Å². The molecule has 1 heterocycles. The lowest BCUT2D eigenvalue weighted by Gasteiger charge is -2.10. The summed E-state index contributed by atoms with van der Waals surface area (Å²) in [6.45, 7) is 7.72. The molecular formula is C20H27N3O4. The number of rotatable bonds is 8. The molecule has 1 aromatic heterocycles. The number of carbonyl (C=O) groups excluding carboxylic acids is 1. The van der Waals surface area contributed by atoms with E-state index in [1.165, 1.54) is 0 Å². The molecule has 0 aliphatic heterocycles. The van der Waals surface area contributed by atoms with Crippen LogP contribution in [0.4, 0.5) is 5.69 Å². The molecule has 2 aromatic rings. The molecule has 1 unspecified atom stereocenters. The molecule has 2 N–H and O–H groups in total. The van der Waals surface area contributed by atoms with Crippen molar-refractivity contribution >= 4 is 17.6 Å². The van der Waals surface area contributed by atoms with Crippen LogP contribution in [-0.2, 0) is 27.8 Å². The Morgan fingerprint density at radius 3 is 2.44 bits per heavy atom. The first-order valence-electron chi connectivity index (χ1n) is 9.10. The maximum Gasteiger partial charge on any atom is 0.306 e. The van der Waals surface area contributed by atoms with Crippen LogP contribution in [0.2, 0.25) is 0 Å². The van der Waals surface area contributed by atoms with Gasteiger partial charge in [0.1, 0.15) is 0 Å². The number of hydrogen-bond acceptors (Lipinski definition) is 5. The van der Waals surface area contributed by atoms with E-state index in [-0.39, 0.29) is 11.3 Å². The van der Waals surface area contributed by atoms with E-state index in [1.54, 1.807) is 19.1 Å². The second kappa shape index (κ2) is 8.79. The summed E-state index contributed by atoms with van der Waals surface area (Å²) in [5.74, 6) is -0.127. The molecule has 0 saturated carbocycles. The molecule has 2 rings (SSSR count). The number of carbonyl (C=O) groups is 2. The minimum Gasteiger partial charge on any atom is -0.481 e. The lowest BCUT2D eigenvalue weighted by molar-refractivity contribution is -0.141. The summed E-state index contributed by atoms with van der Waals surface area (Å²) in [6.07, 6.45) is 1.99. The number of nitrogens with zero attached hydrogens (tertiary/aromatic N) is 2. The fourth-order valence-electron chi connectivity index (χ4n) is 2.45. The van der Waals surface area contributed by atoms with Gasteiger partial charge in [-0.1, -0.05) is 45.0 Å². The fraction of sp³-hybridized carbons (Fsp3) is 0.500. The molecule has 0 aliphatic rings. The Balaban J connectivity index is 1.77. The summed E-state index contributed by atoms with van der Waals surface area (Å²) in [4.78, 5) is 27.3. The van der Waals surface area contributed by atoms with Crippen molar-refractivity contribution in [1.29, 1.82) is 0 Å². The topological polar surface area (TPSA) is 105 Å². The molecule has 7 nitrogen and oxygen atoms in total. The van der Waals surface area contributed by atoms with Crippen LogP contribution >= 0.6 is 0 Å². The summed E-state index contributed by atoms with van der Waals surface area (Å²) in [7, 11) is 0. The van der Waals surface area contributed by atoms with Crippen LogP contribution in [0.5, 0.6) is 0 Å². The van der Waals surface area contributed by atoms with Gasteiger partial charge in [0.25, 0.3) is 0 Å². The van der Waals surface area contributed by atoms with Gasteiger partial charge < -0.3 is 14.9 Å². The zero-order valence-corrected chi connectivity index (χ0v) is 16.3. The van der Waals surface area contributed by atoms with Gasteiger partial charge >= 0.3 is 5.97 Å². The maximum absolute atomic E-state index is 12.1. The quantitative estimate of drug-likeness (QED) is 0.732. The van der Waals surface area contributed by atoms with Gasteiger partial charge in [-0.05, 0) is 30.5 Å². The summed E-state index contributed by atoms with van der Waals surface area (Å²) in [5, 5.41) is 15.8. The van der Waals surface area contributed by atoms with E-state index >= 15 is 0 Å². The monoisotopic (exact) mass is 373 g/mol. The molecule has 0 fully saturated rings. The van der Waals surface area contributed by atoms with Crippen molar-refractivity contribution in [3.8, 4) is 0 Å². The molecule has 7 heteroatoms. The van der Waals surface area contributed by atoms with Gasteiger partial charge in [0.2, 0.25) is 11.8 Å². The van der Waals surface area contributed by atoms with Crippen molar-refractivity contribution in [3.63, 3.8) is 0 Å². The normalized spacial score (nSPS) is 12.6.